The molecule has 3 aromatic rings. The van der Waals surface area contributed by atoms with Crippen LogP contribution in [-0.2, 0) is 5.88 Å². The van der Waals surface area contributed by atoms with E-state index in [2.05, 4.69) is 15.1 Å². The number of nitrogens with zero attached hydrogens (tertiary/aromatic N) is 4. The van der Waals surface area contributed by atoms with Gasteiger partial charge in [0.25, 0.3) is 0 Å². The van der Waals surface area contributed by atoms with Crippen molar-refractivity contribution < 1.29 is 0 Å². The van der Waals surface area contributed by atoms with Crippen molar-refractivity contribution in [2.75, 3.05) is 0 Å². The van der Waals surface area contributed by atoms with Crippen molar-refractivity contribution in [1.82, 2.24) is 19.7 Å². The Morgan fingerprint density at radius 1 is 1.10 bits per heavy atom. The summed E-state index contributed by atoms with van der Waals surface area (Å²) < 4.78 is 1.57. The summed E-state index contributed by atoms with van der Waals surface area (Å²) in [5.74, 6) is 0.896. The largest absolute Gasteiger partial charge is 0.245 e. The van der Waals surface area contributed by atoms with E-state index in [1.165, 1.54) is 6.33 Å². The second-order valence-electron chi connectivity index (χ2n) is 4.10. The second-order valence-corrected chi connectivity index (χ2v) is 4.72. The van der Waals surface area contributed by atoms with Crippen molar-refractivity contribution in [2.24, 2.45) is 0 Å². The third-order valence-electron chi connectivity index (χ3n) is 2.89. The van der Waals surface area contributed by atoms with Crippen LogP contribution in [0, 0.1) is 0 Å². The molecule has 0 atom stereocenters. The summed E-state index contributed by atoms with van der Waals surface area (Å²) in [7, 11) is 0. The highest BCUT2D eigenvalue weighted by atomic mass is 35.5. The number of aromatic nitrogens is 4. The molecule has 2 aromatic heterocycles. The van der Waals surface area contributed by atoms with Crippen molar-refractivity contribution in [1.29, 1.82) is 0 Å². The highest BCUT2D eigenvalue weighted by molar-refractivity contribution is 6.32. The van der Waals surface area contributed by atoms with Crippen LogP contribution in [0.2, 0.25) is 5.15 Å². The van der Waals surface area contributed by atoms with Crippen LogP contribution in [0.3, 0.4) is 0 Å². The van der Waals surface area contributed by atoms with Crippen LogP contribution in [0.25, 0.3) is 17.1 Å². The van der Waals surface area contributed by atoms with Gasteiger partial charge in [-0.25, -0.2) is 14.6 Å². The fourth-order valence-corrected chi connectivity index (χ4v) is 2.54. The van der Waals surface area contributed by atoms with Crippen LogP contribution in [0.15, 0.2) is 48.9 Å². The zero-order chi connectivity index (χ0) is 13.9. The Hall–Kier alpha value is -1.91. The first-order chi connectivity index (χ1) is 9.81. The molecule has 20 heavy (non-hydrogen) atoms. The normalized spacial score (nSPS) is 10.7. The van der Waals surface area contributed by atoms with E-state index in [4.69, 9.17) is 23.2 Å². The molecule has 0 spiro atoms. The van der Waals surface area contributed by atoms with Crippen LogP contribution in [0.5, 0.6) is 0 Å². The van der Waals surface area contributed by atoms with Gasteiger partial charge in [0.05, 0.1) is 11.6 Å². The Bertz CT molecular complexity index is 711. The molecule has 0 saturated carbocycles. The Labute approximate surface area is 126 Å². The maximum absolute atomic E-state index is 6.37. The quantitative estimate of drug-likeness (QED) is 0.693. The molecule has 0 saturated heterocycles. The number of hydrogen-bond donors (Lipinski definition) is 0. The summed E-state index contributed by atoms with van der Waals surface area (Å²) in [6.45, 7) is 0. The van der Waals surface area contributed by atoms with Gasteiger partial charge in [0.2, 0.25) is 0 Å². The summed E-state index contributed by atoms with van der Waals surface area (Å²) in [5, 5.41) is 5.00. The first kappa shape index (κ1) is 13.1. The topological polar surface area (TPSA) is 43.6 Å². The first-order valence-electron chi connectivity index (χ1n) is 5.96. The van der Waals surface area contributed by atoms with Crippen LogP contribution < -0.4 is 0 Å². The fraction of sp³-hybridized carbons (Fsp3) is 0.0714. The summed E-state index contributed by atoms with van der Waals surface area (Å²) in [4.78, 5) is 8.04. The minimum atomic E-state index is 0.286. The monoisotopic (exact) mass is 304 g/mol. The van der Waals surface area contributed by atoms with E-state index in [0.717, 1.165) is 16.8 Å². The average molecular weight is 305 g/mol. The zero-order valence-corrected chi connectivity index (χ0v) is 11.9. The van der Waals surface area contributed by atoms with Crippen LogP contribution in [0.1, 0.15) is 5.56 Å². The average Bonchev–Trinajstić information content (AvgIpc) is 2.86. The summed E-state index contributed by atoms with van der Waals surface area (Å²) in [6, 6.07) is 11.5. The van der Waals surface area contributed by atoms with Gasteiger partial charge in [0.1, 0.15) is 11.5 Å². The van der Waals surface area contributed by atoms with Gasteiger partial charge in [-0.3, -0.25) is 0 Å². The van der Waals surface area contributed by atoms with E-state index in [0.29, 0.717) is 11.0 Å². The molecule has 0 radical (unpaired) electrons. The van der Waals surface area contributed by atoms with Crippen LogP contribution >= 0.6 is 23.2 Å². The fourth-order valence-electron chi connectivity index (χ4n) is 1.94. The third kappa shape index (κ3) is 2.28. The van der Waals surface area contributed by atoms with E-state index in [-0.39, 0.29) is 5.88 Å². The van der Waals surface area contributed by atoms with E-state index in [9.17, 15) is 0 Å². The van der Waals surface area contributed by atoms with Gasteiger partial charge >= 0.3 is 0 Å². The molecular weight excluding hydrogens is 295 g/mol. The molecule has 0 amide bonds. The van der Waals surface area contributed by atoms with Crippen LogP contribution in [0.4, 0.5) is 0 Å². The minimum Gasteiger partial charge on any atom is -0.245 e. The molecule has 3 rings (SSSR count). The number of alkyl halides is 1. The molecule has 100 valence electrons. The Morgan fingerprint density at radius 2 is 1.90 bits per heavy atom. The Kier molecular flexibility index (Phi) is 3.67. The van der Waals surface area contributed by atoms with Crippen molar-refractivity contribution in [3.05, 3.63) is 59.6 Å². The molecule has 1 aromatic carbocycles. The lowest BCUT2D eigenvalue weighted by molar-refractivity contribution is 0.843. The number of benzene rings is 1. The van der Waals surface area contributed by atoms with Gasteiger partial charge in [-0.1, -0.05) is 41.9 Å². The molecule has 0 aliphatic rings. The predicted octanol–water partition coefficient (Wildman–Crippen LogP) is 3.72. The van der Waals surface area contributed by atoms with Gasteiger partial charge in [0, 0.05) is 23.4 Å². The molecule has 4 nitrogen and oxygen atoms in total. The molecule has 0 unspecified atom stereocenters. The maximum atomic E-state index is 6.37. The van der Waals surface area contributed by atoms with Gasteiger partial charge < -0.3 is 0 Å². The molecule has 0 N–H and O–H groups in total. The molecular formula is C14H10Cl2N4. The predicted molar refractivity (Wildman–Crippen MR) is 79.2 cm³/mol. The Balaban J connectivity index is 2.18. The van der Waals surface area contributed by atoms with Gasteiger partial charge in [-0.2, -0.15) is 5.10 Å². The highest BCUT2D eigenvalue weighted by Crippen LogP contribution is 2.31. The maximum Gasteiger partial charge on any atom is 0.158 e. The molecule has 6 heteroatoms. The van der Waals surface area contributed by atoms with E-state index in [1.807, 2.05) is 30.3 Å². The van der Waals surface area contributed by atoms with Gasteiger partial charge in [-0.15, -0.1) is 11.6 Å². The van der Waals surface area contributed by atoms with Gasteiger partial charge in [0.15, 0.2) is 5.82 Å². The van der Waals surface area contributed by atoms with E-state index >= 15 is 0 Å². The van der Waals surface area contributed by atoms with Crippen molar-refractivity contribution in [3.63, 3.8) is 0 Å². The van der Waals surface area contributed by atoms with Crippen molar-refractivity contribution in [3.8, 4) is 17.1 Å². The molecule has 0 bridgehead atoms. The number of halogens is 2. The standard InChI is InChI=1S/C14H10Cl2N4/c15-8-11-13(10-4-2-1-3-5-10)19-20(14(11)16)12-6-7-17-9-18-12/h1-7,9H,8H2. The molecule has 0 fully saturated rings. The highest BCUT2D eigenvalue weighted by Gasteiger charge is 2.18. The van der Waals surface area contributed by atoms with E-state index < -0.39 is 0 Å². The van der Waals surface area contributed by atoms with E-state index in [1.54, 1.807) is 16.9 Å². The van der Waals surface area contributed by atoms with Crippen molar-refractivity contribution >= 4 is 23.2 Å². The number of rotatable bonds is 3. The second kappa shape index (κ2) is 5.61. The lowest BCUT2D eigenvalue weighted by Gasteiger charge is -2.00. The lowest BCUT2D eigenvalue weighted by atomic mass is 10.1. The number of hydrogen-bond acceptors (Lipinski definition) is 3. The van der Waals surface area contributed by atoms with Crippen molar-refractivity contribution in [2.45, 2.75) is 5.88 Å². The summed E-state index contributed by atoms with van der Waals surface area (Å²) in [5.41, 5.74) is 2.53. The smallest absolute Gasteiger partial charge is 0.158 e. The Morgan fingerprint density at radius 3 is 2.55 bits per heavy atom. The summed E-state index contributed by atoms with van der Waals surface area (Å²) in [6.07, 6.45) is 3.10. The van der Waals surface area contributed by atoms with Crippen LogP contribution in [-0.4, -0.2) is 19.7 Å². The summed E-state index contributed by atoms with van der Waals surface area (Å²) >= 11 is 12.4. The zero-order valence-electron chi connectivity index (χ0n) is 10.4. The molecule has 2 heterocycles. The third-order valence-corrected chi connectivity index (χ3v) is 3.54. The van der Waals surface area contributed by atoms with Gasteiger partial charge in [-0.05, 0) is 0 Å². The minimum absolute atomic E-state index is 0.286. The molecule has 0 aliphatic heterocycles. The first-order valence-corrected chi connectivity index (χ1v) is 6.87. The SMILES string of the molecule is ClCc1c(-c2ccccc2)nn(-c2ccncn2)c1Cl. The lowest BCUT2D eigenvalue weighted by Crippen LogP contribution is -1.99. The molecule has 0 aliphatic carbocycles.